The summed E-state index contributed by atoms with van der Waals surface area (Å²) in [6.45, 7) is 0. The van der Waals surface area contributed by atoms with Gasteiger partial charge in [0.1, 0.15) is 11.6 Å². The van der Waals surface area contributed by atoms with E-state index in [4.69, 9.17) is 5.11 Å². The Balaban J connectivity index is 2.16. The van der Waals surface area contributed by atoms with Gasteiger partial charge in [-0.15, -0.1) is 0 Å². The number of pyridine rings is 1. The Labute approximate surface area is 105 Å². The lowest BCUT2D eigenvalue weighted by atomic mass is 10.1. The summed E-state index contributed by atoms with van der Waals surface area (Å²) in [5.41, 5.74) is 0.456. The van der Waals surface area contributed by atoms with Crippen LogP contribution in [0.15, 0.2) is 24.7 Å². The van der Waals surface area contributed by atoms with Gasteiger partial charge in [0.2, 0.25) is 6.10 Å². The van der Waals surface area contributed by atoms with Gasteiger partial charge in [0.15, 0.2) is 0 Å². The number of imidazole rings is 1. The molecule has 0 fully saturated rings. The van der Waals surface area contributed by atoms with Crippen molar-refractivity contribution in [3.63, 3.8) is 0 Å². The molecule has 2 aromatic heterocycles. The van der Waals surface area contributed by atoms with E-state index in [1.807, 2.05) is 0 Å². The van der Waals surface area contributed by atoms with Crippen molar-refractivity contribution in [2.75, 3.05) is 0 Å². The van der Waals surface area contributed by atoms with Crippen molar-refractivity contribution >= 4 is 0 Å². The molecule has 0 bridgehead atoms. The molecule has 2 aromatic rings. The summed E-state index contributed by atoms with van der Waals surface area (Å²) in [4.78, 5) is 9.39. The van der Waals surface area contributed by atoms with Crippen molar-refractivity contribution in [3.8, 4) is 0 Å². The highest BCUT2D eigenvalue weighted by Crippen LogP contribution is 2.30. The van der Waals surface area contributed by atoms with E-state index in [9.17, 15) is 17.6 Å². The maximum atomic E-state index is 13.3. The highest BCUT2D eigenvalue weighted by Gasteiger charge is 2.41. The van der Waals surface area contributed by atoms with Crippen LogP contribution >= 0.6 is 0 Å². The van der Waals surface area contributed by atoms with Crippen LogP contribution in [0, 0.1) is 5.82 Å². The van der Waals surface area contributed by atoms with E-state index >= 15 is 0 Å². The van der Waals surface area contributed by atoms with Crippen LogP contribution in [0.4, 0.5) is 17.6 Å². The molecule has 0 saturated heterocycles. The first-order chi connectivity index (χ1) is 8.88. The number of aromatic amines is 1. The molecule has 102 valence electrons. The van der Waals surface area contributed by atoms with E-state index in [0.29, 0.717) is 0 Å². The van der Waals surface area contributed by atoms with Crippen LogP contribution in [-0.4, -0.2) is 26.2 Å². The Morgan fingerprint density at radius 1 is 1.37 bits per heavy atom. The lowest BCUT2D eigenvalue weighted by molar-refractivity contribution is -0.209. The Hall–Kier alpha value is -1.96. The van der Waals surface area contributed by atoms with Gasteiger partial charge in [-0.2, -0.15) is 13.2 Å². The molecule has 0 aliphatic heterocycles. The molecule has 19 heavy (non-hydrogen) atoms. The van der Waals surface area contributed by atoms with Crippen molar-refractivity contribution in [3.05, 3.63) is 47.6 Å². The minimum absolute atomic E-state index is 0.00936. The summed E-state index contributed by atoms with van der Waals surface area (Å²) in [7, 11) is 0. The zero-order valence-electron chi connectivity index (χ0n) is 9.45. The molecule has 2 N–H and O–H groups in total. The van der Waals surface area contributed by atoms with Gasteiger partial charge in [-0.1, -0.05) is 0 Å². The smallest absolute Gasteiger partial charge is 0.377 e. The molecule has 0 unspecified atom stereocenters. The summed E-state index contributed by atoms with van der Waals surface area (Å²) in [5, 5.41) is 8.99. The summed E-state index contributed by atoms with van der Waals surface area (Å²) in [6.07, 6.45) is -3.88. The first kappa shape index (κ1) is 13.5. The monoisotopic (exact) mass is 275 g/mol. The second-order valence-corrected chi connectivity index (χ2v) is 3.87. The number of aliphatic hydroxyl groups excluding tert-OH is 1. The lowest BCUT2D eigenvalue weighted by Gasteiger charge is -2.11. The minimum Gasteiger partial charge on any atom is -0.377 e. The summed E-state index contributed by atoms with van der Waals surface area (Å²) < 4.78 is 50.1. The van der Waals surface area contributed by atoms with E-state index < -0.39 is 23.9 Å². The third kappa shape index (κ3) is 3.08. The zero-order chi connectivity index (χ0) is 14.0. The van der Waals surface area contributed by atoms with Gasteiger partial charge < -0.3 is 10.1 Å². The number of nitrogens with one attached hydrogen (secondary N) is 1. The average molecular weight is 275 g/mol. The predicted octanol–water partition coefficient (Wildman–Crippen LogP) is 2.13. The molecular formula is C11H9F4N3O. The molecule has 0 amide bonds. The fourth-order valence-electron chi connectivity index (χ4n) is 1.50. The molecule has 4 nitrogen and oxygen atoms in total. The number of aliphatic hydroxyl groups is 1. The molecule has 0 saturated carbocycles. The van der Waals surface area contributed by atoms with Crippen LogP contribution in [-0.2, 0) is 6.42 Å². The molecule has 0 radical (unpaired) electrons. The molecule has 0 aliphatic carbocycles. The van der Waals surface area contributed by atoms with Crippen molar-refractivity contribution in [2.24, 2.45) is 0 Å². The van der Waals surface area contributed by atoms with Gasteiger partial charge in [0.05, 0.1) is 11.9 Å². The quantitative estimate of drug-likeness (QED) is 0.843. The summed E-state index contributed by atoms with van der Waals surface area (Å²) in [5.74, 6) is -1.18. The maximum Gasteiger partial charge on any atom is 0.421 e. The van der Waals surface area contributed by atoms with Crippen LogP contribution in [0.5, 0.6) is 0 Å². The number of H-pyrrole nitrogens is 1. The summed E-state index contributed by atoms with van der Waals surface area (Å²) >= 11 is 0. The number of halogens is 4. The zero-order valence-corrected chi connectivity index (χ0v) is 9.45. The average Bonchev–Trinajstić information content (AvgIpc) is 2.78. The van der Waals surface area contributed by atoms with Crippen LogP contribution < -0.4 is 0 Å². The number of hydrogen-bond donors (Lipinski definition) is 2. The minimum atomic E-state index is -4.79. The number of rotatable bonds is 3. The fourth-order valence-corrected chi connectivity index (χ4v) is 1.50. The van der Waals surface area contributed by atoms with E-state index in [-0.39, 0.29) is 17.7 Å². The lowest BCUT2D eigenvalue weighted by Crippen LogP contribution is -2.21. The number of nitrogens with zero attached hydrogens (tertiary/aromatic N) is 2. The molecular weight excluding hydrogens is 266 g/mol. The van der Waals surface area contributed by atoms with Crippen LogP contribution in [0.2, 0.25) is 0 Å². The van der Waals surface area contributed by atoms with Crippen molar-refractivity contribution < 1.29 is 22.7 Å². The molecule has 2 rings (SSSR count). The first-order valence-electron chi connectivity index (χ1n) is 5.25. The molecule has 0 aromatic carbocycles. The Bertz CT molecular complexity index is 567. The molecule has 0 aliphatic rings. The topological polar surface area (TPSA) is 61.8 Å². The second kappa shape index (κ2) is 4.96. The van der Waals surface area contributed by atoms with E-state index in [1.54, 1.807) is 0 Å². The van der Waals surface area contributed by atoms with Gasteiger partial charge in [-0.05, 0) is 11.6 Å². The van der Waals surface area contributed by atoms with E-state index in [0.717, 1.165) is 6.20 Å². The summed E-state index contributed by atoms with van der Waals surface area (Å²) in [6, 6.07) is 1.41. The van der Waals surface area contributed by atoms with Gasteiger partial charge in [0.25, 0.3) is 0 Å². The van der Waals surface area contributed by atoms with Gasteiger partial charge >= 0.3 is 6.18 Å². The number of alkyl halides is 3. The normalized spacial score (nSPS) is 13.5. The second-order valence-electron chi connectivity index (χ2n) is 3.87. The van der Waals surface area contributed by atoms with Crippen LogP contribution in [0.1, 0.15) is 23.2 Å². The SMILES string of the molecule is O[C@H](c1nc(Cc2ccncc2F)c[nH]1)C(F)(F)F. The molecule has 0 spiro atoms. The number of aromatic nitrogens is 3. The predicted molar refractivity (Wildman–Crippen MR) is 56.6 cm³/mol. The highest BCUT2D eigenvalue weighted by atomic mass is 19.4. The van der Waals surface area contributed by atoms with E-state index in [2.05, 4.69) is 15.0 Å². The van der Waals surface area contributed by atoms with Crippen LogP contribution in [0.25, 0.3) is 0 Å². The Morgan fingerprint density at radius 3 is 2.74 bits per heavy atom. The van der Waals surface area contributed by atoms with Gasteiger partial charge in [-0.3, -0.25) is 4.98 Å². The Morgan fingerprint density at radius 2 is 2.11 bits per heavy atom. The maximum absolute atomic E-state index is 13.3. The van der Waals surface area contributed by atoms with Crippen molar-refractivity contribution in [2.45, 2.75) is 18.7 Å². The standard InChI is InChI=1S/C11H9F4N3O/c12-8-5-16-2-1-6(8)3-7-4-17-10(18-7)9(19)11(13,14)15/h1-2,4-5,9,19H,3H2,(H,17,18)/t9-/m1/s1. The molecule has 8 heteroatoms. The van der Waals surface area contributed by atoms with Crippen LogP contribution in [0.3, 0.4) is 0 Å². The third-order valence-electron chi connectivity index (χ3n) is 2.45. The highest BCUT2D eigenvalue weighted by molar-refractivity contribution is 5.20. The van der Waals surface area contributed by atoms with Gasteiger partial charge in [-0.25, -0.2) is 9.37 Å². The molecule has 1 atom stereocenters. The Kier molecular flexibility index (Phi) is 3.52. The van der Waals surface area contributed by atoms with Crippen molar-refractivity contribution in [1.29, 1.82) is 0 Å². The van der Waals surface area contributed by atoms with E-state index in [1.165, 1.54) is 18.5 Å². The number of hydrogen-bond acceptors (Lipinski definition) is 3. The fraction of sp³-hybridized carbons (Fsp3) is 0.273. The molecule has 2 heterocycles. The largest absolute Gasteiger partial charge is 0.421 e. The third-order valence-corrected chi connectivity index (χ3v) is 2.45. The first-order valence-corrected chi connectivity index (χ1v) is 5.25. The van der Waals surface area contributed by atoms with Crippen molar-refractivity contribution in [1.82, 2.24) is 15.0 Å². The van der Waals surface area contributed by atoms with Gasteiger partial charge in [0, 0.05) is 18.8 Å².